The largest absolute Gasteiger partial charge is 0.315 e. The molecule has 0 bridgehead atoms. The first-order chi connectivity index (χ1) is 10.3. The maximum absolute atomic E-state index is 4.20. The topological polar surface area (TPSA) is 46.0 Å². The van der Waals surface area contributed by atoms with Crippen LogP contribution in [0.5, 0.6) is 0 Å². The number of rotatable bonds is 5. The van der Waals surface area contributed by atoms with Crippen LogP contribution in [0.2, 0.25) is 0 Å². The fraction of sp³-hybridized carbons (Fsp3) is 0.500. The average molecular weight is 285 g/mol. The SMILES string of the molecule is CCNC(CN1CCn2cnnc2C1)c1ccc(C)cc1. The van der Waals surface area contributed by atoms with Gasteiger partial charge in [-0.3, -0.25) is 4.90 Å². The molecule has 0 fully saturated rings. The Bertz CT molecular complexity index is 575. The fourth-order valence-corrected chi connectivity index (χ4v) is 2.86. The third-order valence-corrected chi connectivity index (χ3v) is 4.09. The lowest BCUT2D eigenvalue weighted by Gasteiger charge is -2.31. The molecule has 0 amide bonds. The van der Waals surface area contributed by atoms with Crippen molar-refractivity contribution in [1.29, 1.82) is 0 Å². The Morgan fingerprint density at radius 2 is 2.05 bits per heavy atom. The number of aryl methyl sites for hydroxylation is 1. The zero-order valence-corrected chi connectivity index (χ0v) is 12.8. The molecule has 0 spiro atoms. The number of hydrogen-bond donors (Lipinski definition) is 1. The summed E-state index contributed by atoms with van der Waals surface area (Å²) in [4.78, 5) is 2.46. The van der Waals surface area contributed by atoms with Gasteiger partial charge < -0.3 is 9.88 Å². The lowest BCUT2D eigenvalue weighted by Crippen LogP contribution is -2.39. The van der Waals surface area contributed by atoms with Crippen molar-refractivity contribution in [2.24, 2.45) is 0 Å². The molecule has 112 valence electrons. The predicted octanol–water partition coefficient (Wildman–Crippen LogP) is 1.75. The van der Waals surface area contributed by atoms with Gasteiger partial charge in [0, 0.05) is 25.7 Å². The maximum atomic E-state index is 4.20. The van der Waals surface area contributed by atoms with Crippen LogP contribution in [0.3, 0.4) is 0 Å². The molecule has 2 aromatic rings. The second-order valence-electron chi connectivity index (χ2n) is 5.70. The van der Waals surface area contributed by atoms with E-state index >= 15 is 0 Å². The number of fused-ring (bicyclic) bond motifs is 1. The van der Waals surface area contributed by atoms with Crippen LogP contribution in [0.15, 0.2) is 30.6 Å². The lowest BCUT2D eigenvalue weighted by atomic mass is 10.0. The molecule has 1 aromatic heterocycles. The van der Waals surface area contributed by atoms with Gasteiger partial charge >= 0.3 is 0 Å². The summed E-state index contributed by atoms with van der Waals surface area (Å²) >= 11 is 0. The minimum Gasteiger partial charge on any atom is -0.315 e. The monoisotopic (exact) mass is 285 g/mol. The molecule has 5 nitrogen and oxygen atoms in total. The average Bonchev–Trinajstić information content (AvgIpc) is 2.95. The molecule has 0 saturated heterocycles. The first kappa shape index (κ1) is 14.2. The lowest BCUT2D eigenvalue weighted by molar-refractivity contribution is 0.195. The standard InChI is InChI=1S/C16H23N5/c1-3-17-15(14-6-4-13(2)5-7-14)10-20-8-9-21-12-18-19-16(21)11-20/h4-7,12,15,17H,3,8-11H2,1-2H3. The third kappa shape index (κ3) is 3.31. The van der Waals surface area contributed by atoms with E-state index in [1.807, 2.05) is 6.33 Å². The zero-order chi connectivity index (χ0) is 14.7. The molecule has 0 aliphatic carbocycles. The van der Waals surface area contributed by atoms with Gasteiger partial charge in [-0.2, -0.15) is 0 Å². The van der Waals surface area contributed by atoms with Gasteiger partial charge in [0.15, 0.2) is 0 Å². The first-order valence-electron chi connectivity index (χ1n) is 7.65. The van der Waals surface area contributed by atoms with Gasteiger partial charge in [-0.05, 0) is 19.0 Å². The highest BCUT2D eigenvalue weighted by Crippen LogP contribution is 2.18. The summed E-state index contributed by atoms with van der Waals surface area (Å²) in [5, 5.41) is 11.8. The van der Waals surface area contributed by atoms with E-state index in [2.05, 4.69) is 63.1 Å². The number of benzene rings is 1. The van der Waals surface area contributed by atoms with E-state index in [1.165, 1.54) is 11.1 Å². The van der Waals surface area contributed by atoms with Gasteiger partial charge in [0.1, 0.15) is 12.2 Å². The Labute approximate surface area is 126 Å². The molecule has 0 radical (unpaired) electrons. The molecule has 5 heteroatoms. The van der Waals surface area contributed by atoms with Gasteiger partial charge in [-0.1, -0.05) is 36.8 Å². The van der Waals surface area contributed by atoms with Crippen LogP contribution in [-0.4, -0.2) is 39.3 Å². The third-order valence-electron chi connectivity index (χ3n) is 4.09. The van der Waals surface area contributed by atoms with Gasteiger partial charge in [0.25, 0.3) is 0 Å². The van der Waals surface area contributed by atoms with Crippen molar-refractivity contribution in [3.05, 3.63) is 47.5 Å². The highest BCUT2D eigenvalue weighted by Gasteiger charge is 2.21. The second-order valence-corrected chi connectivity index (χ2v) is 5.70. The normalized spacial score (nSPS) is 16.7. The van der Waals surface area contributed by atoms with Crippen LogP contribution in [0.4, 0.5) is 0 Å². The van der Waals surface area contributed by atoms with Gasteiger partial charge in [-0.15, -0.1) is 10.2 Å². The Morgan fingerprint density at radius 3 is 2.81 bits per heavy atom. The van der Waals surface area contributed by atoms with E-state index in [0.29, 0.717) is 6.04 Å². The van der Waals surface area contributed by atoms with Gasteiger partial charge in [-0.25, -0.2) is 0 Å². The maximum Gasteiger partial charge on any atom is 0.147 e. The number of nitrogens with one attached hydrogen (secondary N) is 1. The number of nitrogens with zero attached hydrogens (tertiary/aromatic N) is 4. The van der Waals surface area contributed by atoms with Crippen molar-refractivity contribution < 1.29 is 0 Å². The van der Waals surface area contributed by atoms with Crippen molar-refractivity contribution in [2.45, 2.75) is 33.0 Å². The molecule has 2 heterocycles. The minimum absolute atomic E-state index is 0.366. The van der Waals surface area contributed by atoms with Crippen molar-refractivity contribution in [2.75, 3.05) is 19.6 Å². The minimum atomic E-state index is 0.366. The van der Waals surface area contributed by atoms with Crippen LogP contribution in [0, 0.1) is 6.92 Å². The quantitative estimate of drug-likeness (QED) is 0.909. The summed E-state index contributed by atoms with van der Waals surface area (Å²) in [6.45, 7) is 9.19. The van der Waals surface area contributed by atoms with Crippen molar-refractivity contribution in [3.63, 3.8) is 0 Å². The van der Waals surface area contributed by atoms with Crippen LogP contribution in [0.25, 0.3) is 0 Å². The second kappa shape index (κ2) is 6.37. The summed E-state index contributed by atoms with van der Waals surface area (Å²) in [6.07, 6.45) is 1.83. The number of aromatic nitrogens is 3. The van der Waals surface area contributed by atoms with Gasteiger partial charge in [0.2, 0.25) is 0 Å². The van der Waals surface area contributed by atoms with Crippen molar-refractivity contribution in [3.8, 4) is 0 Å². The van der Waals surface area contributed by atoms with Crippen molar-refractivity contribution >= 4 is 0 Å². The Balaban J connectivity index is 1.69. The summed E-state index contributed by atoms with van der Waals surface area (Å²) < 4.78 is 2.14. The van der Waals surface area contributed by atoms with Crippen LogP contribution < -0.4 is 5.32 Å². The van der Waals surface area contributed by atoms with E-state index in [0.717, 1.165) is 38.5 Å². The van der Waals surface area contributed by atoms with E-state index in [4.69, 9.17) is 0 Å². The molecule has 1 aromatic carbocycles. The molecule has 1 aliphatic heterocycles. The highest BCUT2D eigenvalue weighted by atomic mass is 15.3. The summed E-state index contributed by atoms with van der Waals surface area (Å²) in [6, 6.07) is 9.20. The number of hydrogen-bond acceptors (Lipinski definition) is 4. The van der Waals surface area contributed by atoms with Crippen LogP contribution in [-0.2, 0) is 13.1 Å². The Morgan fingerprint density at radius 1 is 1.24 bits per heavy atom. The molecular weight excluding hydrogens is 262 g/mol. The van der Waals surface area contributed by atoms with E-state index in [1.54, 1.807) is 0 Å². The van der Waals surface area contributed by atoms with Crippen LogP contribution >= 0.6 is 0 Å². The molecule has 1 aliphatic rings. The summed E-state index contributed by atoms with van der Waals surface area (Å²) in [5.41, 5.74) is 2.66. The zero-order valence-electron chi connectivity index (χ0n) is 12.8. The molecule has 21 heavy (non-hydrogen) atoms. The molecule has 1 atom stereocenters. The summed E-state index contributed by atoms with van der Waals surface area (Å²) in [7, 11) is 0. The van der Waals surface area contributed by atoms with E-state index in [-0.39, 0.29) is 0 Å². The molecule has 1 N–H and O–H groups in total. The Kier molecular flexibility index (Phi) is 4.31. The van der Waals surface area contributed by atoms with E-state index in [9.17, 15) is 0 Å². The predicted molar refractivity (Wildman–Crippen MR) is 82.9 cm³/mol. The van der Waals surface area contributed by atoms with Crippen molar-refractivity contribution in [1.82, 2.24) is 25.0 Å². The molecule has 1 unspecified atom stereocenters. The fourth-order valence-electron chi connectivity index (χ4n) is 2.86. The number of likely N-dealkylation sites (N-methyl/N-ethyl adjacent to an activating group) is 1. The molecular formula is C16H23N5. The smallest absolute Gasteiger partial charge is 0.147 e. The first-order valence-corrected chi connectivity index (χ1v) is 7.65. The molecule has 3 rings (SSSR count). The molecule has 0 saturated carbocycles. The highest BCUT2D eigenvalue weighted by molar-refractivity contribution is 5.24. The van der Waals surface area contributed by atoms with Crippen LogP contribution in [0.1, 0.15) is 29.9 Å². The Hall–Kier alpha value is -1.72. The van der Waals surface area contributed by atoms with Gasteiger partial charge in [0.05, 0.1) is 6.54 Å². The van der Waals surface area contributed by atoms with E-state index < -0.39 is 0 Å². The summed E-state index contributed by atoms with van der Waals surface area (Å²) in [5.74, 6) is 1.07.